The van der Waals surface area contributed by atoms with Crippen molar-refractivity contribution in [2.24, 2.45) is 0 Å². The van der Waals surface area contributed by atoms with Crippen molar-refractivity contribution >= 4 is 0 Å². The van der Waals surface area contributed by atoms with E-state index in [4.69, 9.17) is 0 Å². The van der Waals surface area contributed by atoms with Crippen LogP contribution in [0, 0.1) is 13.8 Å². The second-order valence-corrected chi connectivity index (χ2v) is 9.32. The van der Waals surface area contributed by atoms with Crippen LogP contribution < -0.4 is 0 Å². The van der Waals surface area contributed by atoms with Crippen LogP contribution in [0.4, 0.5) is 0 Å². The number of hydrogen-bond donors (Lipinski definition) is 0. The van der Waals surface area contributed by atoms with Gasteiger partial charge in [0.05, 0.1) is 0 Å². The fraction of sp³-hybridized carbons (Fsp3) is 0.200. The molecule has 0 aliphatic heterocycles. The first-order valence-electron chi connectivity index (χ1n) is 10.7. The molecule has 0 bridgehead atoms. The van der Waals surface area contributed by atoms with Crippen molar-refractivity contribution in [3.8, 4) is 33.4 Å². The summed E-state index contributed by atoms with van der Waals surface area (Å²) < 4.78 is 0. The molecule has 150 valence electrons. The summed E-state index contributed by atoms with van der Waals surface area (Å²) in [5.74, 6) is 0. The van der Waals surface area contributed by atoms with Crippen LogP contribution in [0.3, 0.4) is 0 Å². The normalized spacial score (nSPS) is 11.5. The Bertz CT molecular complexity index is 1140. The van der Waals surface area contributed by atoms with Crippen molar-refractivity contribution in [1.29, 1.82) is 0 Å². The fourth-order valence-electron chi connectivity index (χ4n) is 3.84. The summed E-state index contributed by atoms with van der Waals surface area (Å²) in [6.45, 7) is 11.1. The molecule has 0 aliphatic carbocycles. The van der Waals surface area contributed by atoms with Gasteiger partial charge in [-0.15, -0.1) is 0 Å². The van der Waals surface area contributed by atoms with Crippen LogP contribution in [0.5, 0.6) is 0 Å². The summed E-state index contributed by atoms with van der Waals surface area (Å²) >= 11 is 0. The van der Waals surface area contributed by atoms with E-state index < -0.39 is 0 Å². The monoisotopic (exact) mass is 390 g/mol. The smallest absolute Gasteiger partial charge is 0.00992 e. The summed E-state index contributed by atoms with van der Waals surface area (Å²) in [7, 11) is 0. The van der Waals surface area contributed by atoms with Gasteiger partial charge in [-0.05, 0) is 64.3 Å². The molecule has 0 N–H and O–H groups in total. The van der Waals surface area contributed by atoms with E-state index in [-0.39, 0.29) is 5.41 Å². The minimum absolute atomic E-state index is 0.155. The van der Waals surface area contributed by atoms with Crippen molar-refractivity contribution in [3.63, 3.8) is 0 Å². The highest BCUT2D eigenvalue weighted by molar-refractivity contribution is 5.87. The minimum atomic E-state index is 0.155. The number of benzene rings is 4. The van der Waals surface area contributed by atoms with E-state index in [0.29, 0.717) is 0 Å². The predicted octanol–water partition coefficient (Wildman–Crippen LogP) is 8.60. The summed E-state index contributed by atoms with van der Waals surface area (Å²) in [4.78, 5) is 0. The van der Waals surface area contributed by atoms with Crippen LogP contribution in [-0.2, 0) is 5.41 Å². The molecule has 0 atom stereocenters. The molecule has 0 nitrogen and oxygen atoms in total. The first-order chi connectivity index (χ1) is 14.3. The molecule has 4 rings (SSSR count). The SMILES string of the molecule is Cc1ccc(-c2ccc(-c3ccc(C)cc3)c(-c3ccc(C(C)(C)C)cc3)c2)cc1. The summed E-state index contributed by atoms with van der Waals surface area (Å²) in [5, 5.41) is 0. The maximum absolute atomic E-state index is 2.34. The Balaban J connectivity index is 1.86. The Labute approximate surface area is 181 Å². The van der Waals surface area contributed by atoms with Crippen molar-refractivity contribution < 1.29 is 0 Å². The zero-order valence-electron chi connectivity index (χ0n) is 18.7. The van der Waals surface area contributed by atoms with Crippen molar-refractivity contribution in [3.05, 3.63) is 108 Å². The van der Waals surface area contributed by atoms with Gasteiger partial charge in [-0.2, -0.15) is 0 Å². The maximum Gasteiger partial charge on any atom is -0.00992 e. The van der Waals surface area contributed by atoms with E-state index >= 15 is 0 Å². The average Bonchev–Trinajstić information content (AvgIpc) is 2.74. The summed E-state index contributed by atoms with van der Waals surface area (Å²) in [6.07, 6.45) is 0. The third kappa shape index (κ3) is 4.24. The minimum Gasteiger partial charge on any atom is -0.0587 e. The average molecular weight is 391 g/mol. The molecule has 0 fully saturated rings. The van der Waals surface area contributed by atoms with Crippen LogP contribution in [0.25, 0.3) is 33.4 Å². The van der Waals surface area contributed by atoms with Gasteiger partial charge in [0.1, 0.15) is 0 Å². The van der Waals surface area contributed by atoms with Crippen LogP contribution >= 0.6 is 0 Å². The predicted molar refractivity (Wildman–Crippen MR) is 131 cm³/mol. The van der Waals surface area contributed by atoms with E-state index in [2.05, 4.69) is 126 Å². The molecule has 0 saturated carbocycles. The van der Waals surface area contributed by atoms with E-state index in [1.807, 2.05) is 0 Å². The van der Waals surface area contributed by atoms with Gasteiger partial charge in [0.15, 0.2) is 0 Å². The Morgan fingerprint density at radius 1 is 0.433 bits per heavy atom. The molecule has 30 heavy (non-hydrogen) atoms. The van der Waals surface area contributed by atoms with Crippen LogP contribution in [-0.4, -0.2) is 0 Å². The highest BCUT2D eigenvalue weighted by Gasteiger charge is 2.15. The molecule has 0 amide bonds. The molecule has 4 aromatic rings. The number of hydrogen-bond acceptors (Lipinski definition) is 0. The van der Waals surface area contributed by atoms with Gasteiger partial charge >= 0.3 is 0 Å². The molecule has 0 aromatic heterocycles. The van der Waals surface area contributed by atoms with E-state index in [0.717, 1.165) is 0 Å². The molecular formula is C30H30. The van der Waals surface area contributed by atoms with E-state index in [1.54, 1.807) is 0 Å². The first-order valence-corrected chi connectivity index (χ1v) is 10.7. The quantitative estimate of drug-likeness (QED) is 0.328. The Kier molecular flexibility index (Phi) is 5.35. The second-order valence-electron chi connectivity index (χ2n) is 9.32. The highest BCUT2D eigenvalue weighted by Crippen LogP contribution is 2.37. The molecule has 4 aromatic carbocycles. The van der Waals surface area contributed by atoms with Gasteiger partial charge in [-0.3, -0.25) is 0 Å². The Hall–Kier alpha value is -3.12. The molecular weight excluding hydrogens is 360 g/mol. The number of aryl methyl sites for hydroxylation is 2. The molecule has 0 radical (unpaired) electrons. The standard InChI is InChI=1S/C30H30/c1-21-6-10-23(11-7-21)26-16-19-28(24-12-8-22(2)9-13-24)29(20-26)25-14-17-27(18-15-25)30(3,4)5/h6-20H,1-5H3. The molecule has 0 heteroatoms. The van der Waals surface area contributed by atoms with Crippen molar-refractivity contribution in [2.45, 2.75) is 40.0 Å². The topological polar surface area (TPSA) is 0 Å². The van der Waals surface area contributed by atoms with Crippen LogP contribution in [0.15, 0.2) is 91.0 Å². The van der Waals surface area contributed by atoms with Gasteiger partial charge in [-0.25, -0.2) is 0 Å². The van der Waals surface area contributed by atoms with Gasteiger partial charge in [-0.1, -0.05) is 117 Å². The highest BCUT2D eigenvalue weighted by atomic mass is 14.2. The lowest BCUT2D eigenvalue weighted by atomic mass is 9.85. The maximum atomic E-state index is 2.34. The molecule has 0 saturated heterocycles. The van der Waals surface area contributed by atoms with Crippen molar-refractivity contribution in [2.75, 3.05) is 0 Å². The summed E-state index contributed by atoms with van der Waals surface area (Å²) in [6, 6.07) is 33.6. The van der Waals surface area contributed by atoms with E-state index in [9.17, 15) is 0 Å². The Morgan fingerprint density at radius 2 is 0.867 bits per heavy atom. The van der Waals surface area contributed by atoms with Gasteiger partial charge < -0.3 is 0 Å². The molecule has 0 spiro atoms. The van der Waals surface area contributed by atoms with Crippen LogP contribution in [0.2, 0.25) is 0 Å². The second kappa shape index (κ2) is 7.95. The van der Waals surface area contributed by atoms with Crippen molar-refractivity contribution in [1.82, 2.24) is 0 Å². The lowest BCUT2D eigenvalue weighted by molar-refractivity contribution is 0.590. The largest absolute Gasteiger partial charge is 0.0587 e. The van der Waals surface area contributed by atoms with Gasteiger partial charge in [0, 0.05) is 0 Å². The molecule has 0 unspecified atom stereocenters. The Morgan fingerprint density at radius 3 is 1.40 bits per heavy atom. The van der Waals surface area contributed by atoms with Gasteiger partial charge in [0.2, 0.25) is 0 Å². The zero-order valence-corrected chi connectivity index (χ0v) is 18.7. The molecule has 0 heterocycles. The van der Waals surface area contributed by atoms with Gasteiger partial charge in [0.25, 0.3) is 0 Å². The zero-order chi connectivity index (χ0) is 21.3. The first kappa shape index (κ1) is 20.2. The van der Waals surface area contributed by atoms with Crippen LogP contribution in [0.1, 0.15) is 37.5 Å². The fourth-order valence-corrected chi connectivity index (χ4v) is 3.84. The summed E-state index contributed by atoms with van der Waals surface area (Å²) in [5.41, 5.74) is 11.6. The number of rotatable bonds is 3. The lowest BCUT2D eigenvalue weighted by Crippen LogP contribution is -2.10. The van der Waals surface area contributed by atoms with E-state index in [1.165, 1.54) is 50.1 Å². The lowest BCUT2D eigenvalue weighted by Gasteiger charge is -2.20. The third-order valence-corrected chi connectivity index (χ3v) is 5.83. The third-order valence-electron chi connectivity index (χ3n) is 5.83. The molecule has 0 aliphatic rings.